The van der Waals surface area contributed by atoms with Crippen LogP contribution in [0.25, 0.3) is 11.0 Å². The summed E-state index contributed by atoms with van der Waals surface area (Å²) in [6.07, 6.45) is 1.52. The zero-order valence-electron chi connectivity index (χ0n) is 10.7. The number of aromatic amines is 1. The maximum Gasteiger partial charge on any atom is 0.263 e. The molecule has 0 aliphatic carbocycles. The molecule has 0 saturated heterocycles. The summed E-state index contributed by atoms with van der Waals surface area (Å²) in [6.45, 7) is 2.25. The van der Waals surface area contributed by atoms with Crippen molar-refractivity contribution in [3.05, 3.63) is 62.2 Å². The Hall–Kier alpha value is -1.78. The predicted octanol–water partition coefficient (Wildman–Crippen LogP) is 3.39. The van der Waals surface area contributed by atoms with Gasteiger partial charge < -0.3 is 4.98 Å². The molecule has 0 aliphatic rings. The van der Waals surface area contributed by atoms with E-state index in [9.17, 15) is 4.79 Å². The highest BCUT2D eigenvalue weighted by Crippen LogP contribution is 2.21. The molecule has 0 unspecified atom stereocenters. The van der Waals surface area contributed by atoms with Crippen molar-refractivity contribution >= 4 is 34.2 Å². The van der Waals surface area contributed by atoms with Crippen molar-refractivity contribution in [2.45, 2.75) is 13.5 Å². The Morgan fingerprint density at radius 2 is 2.10 bits per heavy atom. The zero-order chi connectivity index (χ0) is 14.3. The molecule has 2 aromatic heterocycles. The maximum atomic E-state index is 12.4. The number of hydrogen-bond donors (Lipinski definition) is 1. The molecule has 1 N–H and O–H groups in total. The van der Waals surface area contributed by atoms with Crippen LogP contribution in [0.15, 0.2) is 35.4 Å². The van der Waals surface area contributed by atoms with Gasteiger partial charge in [0, 0.05) is 15.7 Å². The average Bonchev–Trinajstić information content (AvgIpc) is 2.77. The first-order valence-electron chi connectivity index (χ1n) is 6.03. The standard InChI is InChI=1S/C14H11Cl2N3O/c1-8-4-11-13(18-8)17-7-19(14(11)20)6-9-2-3-10(15)5-12(9)16/h2-5,7,18H,6H2,1H3. The van der Waals surface area contributed by atoms with Gasteiger partial charge >= 0.3 is 0 Å². The fourth-order valence-electron chi connectivity index (χ4n) is 2.12. The Morgan fingerprint density at radius 1 is 1.30 bits per heavy atom. The van der Waals surface area contributed by atoms with Crippen LogP contribution in [0.5, 0.6) is 0 Å². The number of hydrogen-bond acceptors (Lipinski definition) is 2. The van der Waals surface area contributed by atoms with Crippen molar-refractivity contribution in [2.24, 2.45) is 0 Å². The van der Waals surface area contributed by atoms with Gasteiger partial charge in [0.1, 0.15) is 12.0 Å². The molecule has 0 aliphatic heterocycles. The van der Waals surface area contributed by atoms with Crippen LogP contribution < -0.4 is 5.56 Å². The summed E-state index contributed by atoms with van der Waals surface area (Å²) >= 11 is 12.0. The molecule has 102 valence electrons. The third-order valence-corrected chi connectivity index (χ3v) is 3.69. The molecule has 20 heavy (non-hydrogen) atoms. The first-order chi connectivity index (χ1) is 9.54. The van der Waals surface area contributed by atoms with Crippen LogP contribution in [0.1, 0.15) is 11.3 Å². The number of rotatable bonds is 2. The molecule has 0 spiro atoms. The lowest BCUT2D eigenvalue weighted by Gasteiger charge is -2.07. The minimum absolute atomic E-state index is 0.0923. The first kappa shape index (κ1) is 13.2. The molecular formula is C14H11Cl2N3O. The number of aromatic nitrogens is 3. The lowest BCUT2D eigenvalue weighted by molar-refractivity contribution is 0.748. The fraction of sp³-hybridized carbons (Fsp3) is 0.143. The van der Waals surface area contributed by atoms with Gasteiger partial charge in [-0.1, -0.05) is 29.3 Å². The van der Waals surface area contributed by atoms with E-state index in [1.54, 1.807) is 18.2 Å². The van der Waals surface area contributed by atoms with Gasteiger partial charge in [0.05, 0.1) is 11.9 Å². The summed E-state index contributed by atoms with van der Waals surface area (Å²) in [5.74, 6) is 0. The Balaban J connectivity index is 2.06. The van der Waals surface area contributed by atoms with E-state index in [0.717, 1.165) is 11.3 Å². The normalized spacial score (nSPS) is 11.2. The summed E-state index contributed by atoms with van der Waals surface area (Å²) in [4.78, 5) is 19.6. The second kappa shape index (κ2) is 4.96. The highest BCUT2D eigenvalue weighted by Gasteiger charge is 2.08. The lowest BCUT2D eigenvalue weighted by Crippen LogP contribution is -2.20. The van der Waals surface area contributed by atoms with Crippen LogP contribution >= 0.6 is 23.2 Å². The van der Waals surface area contributed by atoms with E-state index in [0.29, 0.717) is 27.6 Å². The third-order valence-electron chi connectivity index (χ3n) is 3.10. The topological polar surface area (TPSA) is 50.7 Å². The van der Waals surface area contributed by atoms with E-state index in [2.05, 4.69) is 9.97 Å². The molecule has 3 rings (SSSR count). The van der Waals surface area contributed by atoms with Crippen LogP contribution in [0.2, 0.25) is 10.0 Å². The van der Waals surface area contributed by atoms with Gasteiger partial charge in [-0.25, -0.2) is 4.98 Å². The number of halogens is 2. The van der Waals surface area contributed by atoms with Crippen molar-refractivity contribution in [1.82, 2.24) is 14.5 Å². The molecule has 4 nitrogen and oxygen atoms in total. The van der Waals surface area contributed by atoms with E-state index >= 15 is 0 Å². The van der Waals surface area contributed by atoms with Crippen LogP contribution in [-0.2, 0) is 6.54 Å². The van der Waals surface area contributed by atoms with Crippen molar-refractivity contribution in [3.63, 3.8) is 0 Å². The molecule has 0 saturated carbocycles. The number of benzene rings is 1. The van der Waals surface area contributed by atoms with E-state index in [1.165, 1.54) is 10.9 Å². The van der Waals surface area contributed by atoms with Crippen LogP contribution in [-0.4, -0.2) is 14.5 Å². The van der Waals surface area contributed by atoms with Crippen LogP contribution in [0.4, 0.5) is 0 Å². The summed E-state index contributed by atoms with van der Waals surface area (Å²) in [6, 6.07) is 7.02. The smallest absolute Gasteiger partial charge is 0.263 e. The van der Waals surface area contributed by atoms with Crippen molar-refractivity contribution < 1.29 is 0 Å². The summed E-state index contributed by atoms with van der Waals surface area (Å²) < 4.78 is 1.53. The summed E-state index contributed by atoms with van der Waals surface area (Å²) in [7, 11) is 0. The molecule has 0 atom stereocenters. The van der Waals surface area contributed by atoms with Gasteiger partial charge in [-0.15, -0.1) is 0 Å². The van der Waals surface area contributed by atoms with E-state index in [4.69, 9.17) is 23.2 Å². The third kappa shape index (κ3) is 2.32. The zero-order valence-corrected chi connectivity index (χ0v) is 12.2. The Bertz CT molecular complexity index is 851. The van der Waals surface area contributed by atoms with Gasteiger partial charge in [0.2, 0.25) is 0 Å². The minimum atomic E-state index is -0.0923. The molecule has 0 fully saturated rings. The number of aryl methyl sites for hydroxylation is 1. The van der Waals surface area contributed by atoms with Crippen molar-refractivity contribution in [2.75, 3.05) is 0 Å². The largest absolute Gasteiger partial charge is 0.343 e. The van der Waals surface area contributed by atoms with Gasteiger partial charge in [0.25, 0.3) is 5.56 Å². The second-order valence-electron chi connectivity index (χ2n) is 4.63. The molecule has 3 aromatic rings. The fourth-order valence-corrected chi connectivity index (χ4v) is 2.59. The van der Waals surface area contributed by atoms with E-state index in [-0.39, 0.29) is 5.56 Å². The average molecular weight is 308 g/mol. The van der Waals surface area contributed by atoms with E-state index in [1.807, 2.05) is 13.0 Å². The number of nitrogens with zero attached hydrogens (tertiary/aromatic N) is 2. The van der Waals surface area contributed by atoms with Crippen LogP contribution in [0, 0.1) is 6.92 Å². The Labute approximate surface area is 125 Å². The molecular weight excluding hydrogens is 297 g/mol. The number of fused-ring (bicyclic) bond motifs is 1. The first-order valence-corrected chi connectivity index (χ1v) is 6.79. The van der Waals surface area contributed by atoms with Gasteiger partial charge in [-0.3, -0.25) is 9.36 Å². The highest BCUT2D eigenvalue weighted by atomic mass is 35.5. The molecule has 6 heteroatoms. The Kier molecular flexibility index (Phi) is 3.28. The van der Waals surface area contributed by atoms with Crippen LogP contribution in [0.3, 0.4) is 0 Å². The van der Waals surface area contributed by atoms with Gasteiger partial charge in [0.15, 0.2) is 0 Å². The minimum Gasteiger partial charge on any atom is -0.343 e. The van der Waals surface area contributed by atoms with Crippen molar-refractivity contribution in [1.29, 1.82) is 0 Å². The molecule has 1 aromatic carbocycles. The molecule has 0 bridgehead atoms. The quantitative estimate of drug-likeness (QED) is 0.789. The van der Waals surface area contributed by atoms with E-state index < -0.39 is 0 Å². The summed E-state index contributed by atoms with van der Waals surface area (Å²) in [5.41, 5.74) is 2.25. The van der Waals surface area contributed by atoms with Gasteiger partial charge in [-0.05, 0) is 30.7 Å². The molecule has 2 heterocycles. The van der Waals surface area contributed by atoms with Gasteiger partial charge in [-0.2, -0.15) is 0 Å². The lowest BCUT2D eigenvalue weighted by atomic mass is 10.2. The highest BCUT2D eigenvalue weighted by molar-refractivity contribution is 6.35. The predicted molar refractivity (Wildman–Crippen MR) is 80.7 cm³/mol. The summed E-state index contributed by atoms with van der Waals surface area (Å²) in [5, 5.41) is 1.69. The second-order valence-corrected chi connectivity index (χ2v) is 5.47. The SMILES string of the molecule is Cc1cc2c(=O)n(Cc3ccc(Cl)cc3Cl)cnc2[nH]1. The Morgan fingerprint density at radius 3 is 2.85 bits per heavy atom. The van der Waals surface area contributed by atoms with Crippen molar-refractivity contribution in [3.8, 4) is 0 Å². The monoisotopic (exact) mass is 307 g/mol. The maximum absolute atomic E-state index is 12.4. The number of H-pyrrole nitrogens is 1. The molecule has 0 amide bonds. The molecule has 0 radical (unpaired) electrons. The number of nitrogens with one attached hydrogen (secondary N) is 1.